The smallest absolute Gasteiger partial charge is 0.348 e. The molecule has 0 aromatic carbocycles. The van der Waals surface area contributed by atoms with Gasteiger partial charge in [-0.2, -0.15) is 0 Å². The van der Waals surface area contributed by atoms with E-state index in [9.17, 15) is 14.7 Å². The molecule has 2 aliphatic rings. The van der Waals surface area contributed by atoms with Gasteiger partial charge in [0.15, 0.2) is 0 Å². The molecule has 0 unspecified atom stereocenters. The first kappa shape index (κ1) is 29.5. The summed E-state index contributed by atoms with van der Waals surface area (Å²) in [4.78, 5) is 36.1. The first-order valence-corrected chi connectivity index (χ1v) is 15.2. The molecule has 2 aromatic rings. The van der Waals surface area contributed by atoms with Crippen LogP contribution in [0.25, 0.3) is 0 Å². The normalized spacial score (nSPS) is 24.0. The summed E-state index contributed by atoms with van der Waals surface area (Å²) >= 11 is 1.31. The first-order valence-electron chi connectivity index (χ1n) is 14.4. The molecule has 7 nitrogen and oxygen atoms in total. The van der Waals surface area contributed by atoms with E-state index in [4.69, 9.17) is 4.74 Å². The van der Waals surface area contributed by atoms with E-state index in [1.807, 2.05) is 31.3 Å². The molecule has 0 spiro atoms. The topological polar surface area (TPSA) is 83.0 Å². The van der Waals surface area contributed by atoms with E-state index in [2.05, 4.69) is 43.6 Å². The summed E-state index contributed by atoms with van der Waals surface area (Å²) in [6.07, 6.45) is 10.7. The predicted octanol–water partition coefficient (Wildman–Crippen LogP) is 6.75. The standard InChI is InChI=1S/C31H45N3O4S/c1-20-7-9-22(10-8-20)29(35)34(26-16-27(31(2,3)4)39-28(26)30(36)37)23-11-13-24(14-12-23)38-25-15-21(17-32-18-25)19-33(5)6/h15-18,20,22-24H,7-14,19H2,1-6H3,(H,36,37)/t20?,22?,23-,24-. The second-order valence-electron chi connectivity index (χ2n) is 12.9. The maximum atomic E-state index is 14.1. The maximum Gasteiger partial charge on any atom is 0.348 e. The number of thiophene rings is 1. The van der Waals surface area contributed by atoms with E-state index in [1.165, 1.54) is 11.3 Å². The van der Waals surface area contributed by atoms with Gasteiger partial charge < -0.3 is 19.6 Å². The monoisotopic (exact) mass is 555 g/mol. The van der Waals surface area contributed by atoms with Crippen molar-refractivity contribution in [2.75, 3.05) is 19.0 Å². The van der Waals surface area contributed by atoms with Gasteiger partial charge >= 0.3 is 5.97 Å². The Morgan fingerprint density at radius 3 is 2.28 bits per heavy atom. The fraction of sp³-hybridized carbons (Fsp3) is 0.645. The van der Waals surface area contributed by atoms with Crippen molar-refractivity contribution in [3.05, 3.63) is 39.8 Å². The summed E-state index contributed by atoms with van der Waals surface area (Å²) in [6, 6.07) is 4.00. The first-order chi connectivity index (χ1) is 18.4. The van der Waals surface area contributed by atoms with Crippen molar-refractivity contribution >= 4 is 28.9 Å². The zero-order valence-corrected chi connectivity index (χ0v) is 25.2. The lowest BCUT2D eigenvalue weighted by atomic mass is 9.81. The number of hydrogen-bond donors (Lipinski definition) is 1. The lowest BCUT2D eigenvalue weighted by Gasteiger charge is -2.39. The fourth-order valence-electron chi connectivity index (χ4n) is 5.88. The molecule has 1 amide bonds. The molecule has 0 aliphatic heterocycles. The minimum absolute atomic E-state index is 0.0320. The maximum absolute atomic E-state index is 14.1. The third-order valence-corrected chi connectivity index (χ3v) is 9.63. The van der Waals surface area contributed by atoms with Crippen LogP contribution in [0.1, 0.15) is 99.2 Å². The molecule has 8 heteroatoms. The average Bonchev–Trinajstić information content (AvgIpc) is 3.32. The lowest BCUT2D eigenvalue weighted by Crippen LogP contribution is -2.47. The summed E-state index contributed by atoms with van der Waals surface area (Å²) in [6.45, 7) is 9.33. The minimum atomic E-state index is -0.956. The number of hydrogen-bond acceptors (Lipinski definition) is 6. The third kappa shape index (κ3) is 7.40. The van der Waals surface area contributed by atoms with Gasteiger partial charge in [-0.05, 0) is 94.5 Å². The molecule has 0 bridgehead atoms. The second-order valence-corrected chi connectivity index (χ2v) is 13.9. The summed E-state index contributed by atoms with van der Waals surface area (Å²) in [7, 11) is 4.06. The molecule has 2 aromatic heterocycles. The van der Waals surface area contributed by atoms with Crippen molar-refractivity contribution in [3.63, 3.8) is 0 Å². The number of anilines is 1. The van der Waals surface area contributed by atoms with Crippen LogP contribution in [0, 0.1) is 11.8 Å². The largest absolute Gasteiger partial charge is 0.489 e. The predicted molar refractivity (Wildman–Crippen MR) is 157 cm³/mol. The molecule has 0 saturated heterocycles. The number of carboxylic acids is 1. The molecule has 4 rings (SSSR count). The third-order valence-electron chi connectivity index (χ3n) is 8.09. The zero-order chi connectivity index (χ0) is 28.3. The van der Waals surface area contributed by atoms with Crippen molar-refractivity contribution in [1.82, 2.24) is 9.88 Å². The number of nitrogens with zero attached hydrogens (tertiary/aromatic N) is 3. The highest BCUT2D eigenvalue weighted by atomic mass is 32.1. The second kappa shape index (κ2) is 12.4. The van der Waals surface area contributed by atoms with Gasteiger partial charge in [-0.3, -0.25) is 9.78 Å². The van der Waals surface area contributed by atoms with Gasteiger partial charge in [-0.25, -0.2) is 4.79 Å². The SMILES string of the molecule is CC1CCC(C(=O)N(c2cc(C(C)(C)C)sc2C(=O)O)[C@H]2CC[C@H](Oc3cncc(CN(C)C)c3)CC2)CC1. The van der Waals surface area contributed by atoms with Gasteiger partial charge in [0.05, 0.1) is 18.0 Å². The molecule has 2 fully saturated rings. The molecule has 2 aliphatic carbocycles. The van der Waals surface area contributed by atoms with E-state index in [1.54, 1.807) is 6.20 Å². The highest BCUT2D eigenvalue weighted by molar-refractivity contribution is 7.14. The van der Waals surface area contributed by atoms with E-state index in [0.717, 1.165) is 74.1 Å². The van der Waals surface area contributed by atoms with Gasteiger partial charge in [-0.1, -0.05) is 27.7 Å². The van der Waals surface area contributed by atoms with Gasteiger partial charge in [0.1, 0.15) is 10.6 Å². The van der Waals surface area contributed by atoms with Crippen LogP contribution >= 0.6 is 11.3 Å². The Balaban J connectivity index is 1.55. The van der Waals surface area contributed by atoms with Crippen molar-refractivity contribution in [2.24, 2.45) is 11.8 Å². The Morgan fingerprint density at radius 2 is 1.69 bits per heavy atom. The highest BCUT2D eigenvalue weighted by Crippen LogP contribution is 2.42. The molecule has 0 radical (unpaired) electrons. The van der Waals surface area contributed by atoms with Crippen LogP contribution in [0.2, 0.25) is 0 Å². The number of aromatic nitrogens is 1. The molecule has 39 heavy (non-hydrogen) atoms. The van der Waals surface area contributed by atoms with Crippen LogP contribution in [-0.4, -0.2) is 53.1 Å². The van der Waals surface area contributed by atoms with Crippen LogP contribution < -0.4 is 9.64 Å². The van der Waals surface area contributed by atoms with Gasteiger partial charge in [0, 0.05) is 29.6 Å². The quantitative estimate of drug-likeness (QED) is 0.388. The number of ether oxygens (including phenoxy) is 1. The average molecular weight is 556 g/mol. The van der Waals surface area contributed by atoms with Gasteiger partial charge in [0.2, 0.25) is 5.91 Å². The van der Waals surface area contributed by atoms with E-state index < -0.39 is 5.97 Å². The number of amides is 1. The van der Waals surface area contributed by atoms with Crippen molar-refractivity contribution in [1.29, 1.82) is 0 Å². The van der Waals surface area contributed by atoms with E-state index in [0.29, 0.717) is 11.6 Å². The van der Waals surface area contributed by atoms with Crippen LogP contribution in [0.5, 0.6) is 5.75 Å². The van der Waals surface area contributed by atoms with Gasteiger partial charge in [0.25, 0.3) is 0 Å². The molecular formula is C31H45N3O4S. The lowest BCUT2D eigenvalue weighted by molar-refractivity contribution is -0.124. The summed E-state index contributed by atoms with van der Waals surface area (Å²) in [5.41, 5.74) is 1.51. The molecular weight excluding hydrogens is 510 g/mol. The van der Waals surface area contributed by atoms with E-state index in [-0.39, 0.29) is 34.3 Å². The molecule has 0 atom stereocenters. The van der Waals surface area contributed by atoms with Crippen molar-refractivity contribution in [3.8, 4) is 5.75 Å². The summed E-state index contributed by atoms with van der Waals surface area (Å²) in [5.74, 6) is 0.530. The number of carbonyl (C=O) groups is 2. The van der Waals surface area contributed by atoms with Gasteiger partial charge in [-0.15, -0.1) is 11.3 Å². The Kier molecular flexibility index (Phi) is 9.37. The Labute approximate surface area is 237 Å². The summed E-state index contributed by atoms with van der Waals surface area (Å²) < 4.78 is 6.33. The number of carbonyl (C=O) groups excluding carboxylic acids is 1. The van der Waals surface area contributed by atoms with Crippen molar-refractivity contribution in [2.45, 2.75) is 103 Å². The number of carboxylic acid groups (broad SMARTS) is 1. The Morgan fingerprint density at radius 1 is 1.03 bits per heavy atom. The van der Waals surface area contributed by atoms with Crippen LogP contribution in [0.15, 0.2) is 24.5 Å². The number of aromatic carboxylic acids is 1. The van der Waals surface area contributed by atoms with Crippen LogP contribution in [0.3, 0.4) is 0 Å². The van der Waals surface area contributed by atoms with Crippen LogP contribution in [0.4, 0.5) is 5.69 Å². The summed E-state index contributed by atoms with van der Waals surface area (Å²) in [5, 5.41) is 10.1. The zero-order valence-electron chi connectivity index (χ0n) is 24.4. The number of pyridine rings is 1. The number of rotatable bonds is 8. The fourth-order valence-corrected chi connectivity index (χ4v) is 6.92. The van der Waals surface area contributed by atoms with Crippen LogP contribution in [-0.2, 0) is 16.8 Å². The highest BCUT2D eigenvalue weighted by Gasteiger charge is 2.38. The molecule has 1 N–H and O–H groups in total. The molecule has 2 heterocycles. The molecule has 214 valence electrons. The Bertz CT molecular complexity index is 1140. The Hall–Kier alpha value is -2.45. The molecule has 2 saturated carbocycles. The van der Waals surface area contributed by atoms with Crippen molar-refractivity contribution < 1.29 is 19.4 Å². The minimum Gasteiger partial charge on any atom is -0.489 e. The van der Waals surface area contributed by atoms with E-state index >= 15 is 0 Å².